The fraction of sp³-hybridized carbons (Fsp3) is 0.167. The summed E-state index contributed by atoms with van der Waals surface area (Å²) in [6.07, 6.45) is 0. The van der Waals surface area contributed by atoms with Gasteiger partial charge in [-0.05, 0) is 31.2 Å². The lowest BCUT2D eigenvalue weighted by Crippen LogP contribution is -2.22. The highest BCUT2D eigenvalue weighted by Crippen LogP contribution is 2.25. The second-order valence-corrected chi connectivity index (χ2v) is 3.60. The van der Waals surface area contributed by atoms with Gasteiger partial charge in [0.25, 0.3) is 5.91 Å². The Morgan fingerprint density at radius 1 is 1.39 bits per heavy atom. The van der Waals surface area contributed by atoms with Crippen molar-refractivity contribution < 1.29 is 18.5 Å². The van der Waals surface area contributed by atoms with Gasteiger partial charge in [-0.2, -0.15) is 0 Å². The van der Waals surface area contributed by atoms with E-state index < -0.39 is 5.91 Å². The molecule has 0 saturated heterocycles. The normalized spacial score (nSPS) is 10.4. The van der Waals surface area contributed by atoms with Crippen LogP contribution in [0.5, 0.6) is 0 Å². The zero-order chi connectivity index (χ0) is 13.1. The summed E-state index contributed by atoms with van der Waals surface area (Å²) in [7, 11) is 1.33. The summed E-state index contributed by atoms with van der Waals surface area (Å²) in [6, 6.07) is 5.63. The number of hydroxylamine groups is 1. The predicted octanol–water partition coefficient (Wildman–Crippen LogP) is 2.08. The zero-order valence-electron chi connectivity index (χ0n) is 9.86. The van der Waals surface area contributed by atoms with Gasteiger partial charge in [0.1, 0.15) is 22.8 Å². The number of amides is 1. The van der Waals surface area contributed by atoms with Crippen LogP contribution in [0.3, 0.4) is 0 Å². The van der Waals surface area contributed by atoms with Gasteiger partial charge in [-0.1, -0.05) is 5.16 Å². The molecule has 1 aromatic heterocycles. The predicted molar refractivity (Wildman–Crippen MR) is 61.1 cm³/mol. The van der Waals surface area contributed by atoms with E-state index in [1.54, 1.807) is 6.92 Å². The van der Waals surface area contributed by atoms with E-state index in [1.165, 1.54) is 31.4 Å². The van der Waals surface area contributed by atoms with Gasteiger partial charge in [-0.15, -0.1) is 0 Å². The molecule has 6 heteroatoms. The Morgan fingerprint density at radius 3 is 2.67 bits per heavy atom. The number of rotatable bonds is 3. The van der Waals surface area contributed by atoms with Gasteiger partial charge in [0.15, 0.2) is 0 Å². The molecule has 0 bridgehead atoms. The SMILES string of the molecule is CONC(=O)c1c(-c2ccc(F)cc2)noc1C. The van der Waals surface area contributed by atoms with E-state index in [9.17, 15) is 9.18 Å². The Morgan fingerprint density at radius 2 is 2.06 bits per heavy atom. The maximum Gasteiger partial charge on any atom is 0.280 e. The number of benzene rings is 1. The van der Waals surface area contributed by atoms with Crippen LogP contribution in [0.1, 0.15) is 16.1 Å². The van der Waals surface area contributed by atoms with Gasteiger partial charge in [-0.3, -0.25) is 9.63 Å². The molecule has 18 heavy (non-hydrogen) atoms. The summed E-state index contributed by atoms with van der Waals surface area (Å²) in [5, 5.41) is 3.81. The number of halogens is 1. The minimum Gasteiger partial charge on any atom is -0.360 e. The average Bonchev–Trinajstić information content (AvgIpc) is 2.72. The number of nitrogens with zero attached hydrogens (tertiary/aromatic N) is 1. The van der Waals surface area contributed by atoms with Crippen LogP contribution in [0.2, 0.25) is 0 Å². The highest BCUT2D eigenvalue weighted by molar-refractivity contribution is 6.00. The maximum absolute atomic E-state index is 12.8. The molecule has 1 heterocycles. The maximum atomic E-state index is 12.8. The Hall–Kier alpha value is -2.21. The number of carbonyl (C=O) groups excluding carboxylic acids is 1. The third kappa shape index (κ3) is 2.23. The minimum atomic E-state index is -0.462. The number of aryl methyl sites for hydroxylation is 1. The largest absolute Gasteiger partial charge is 0.360 e. The fourth-order valence-corrected chi connectivity index (χ4v) is 1.59. The van der Waals surface area contributed by atoms with E-state index >= 15 is 0 Å². The smallest absolute Gasteiger partial charge is 0.280 e. The molecule has 1 amide bonds. The van der Waals surface area contributed by atoms with Gasteiger partial charge < -0.3 is 4.52 Å². The molecule has 0 radical (unpaired) electrons. The summed E-state index contributed by atoms with van der Waals surface area (Å²) < 4.78 is 17.8. The lowest BCUT2D eigenvalue weighted by Gasteiger charge is -2.02. The molecule has 0 unspecified atom stereocenters. The van der Waals surface area contributed by atoms with Crippen molar-refractivity contribution in [2.45, 2.75) is 6.92 Å². The second-order valence-electron chi connectivity index (χ2n) is 3.60. The van der Waals surface area contributed by atoms with Gasteiger partial charge in [-0.25, -0.2) is 9.87 Å². The van der Waals surface area contributed by atoms with Crippen LogP contribution in [0.25, 0.3) is 11.3 Å². The van der Waals surface area contributed by atoms with Crippen molar-refractivity contribution in [3.8, 4) is 11.3 Å². The number of hydrogen-bond donors (Lipinski definition) is 1. The highest BCUT2D eigenvalue weighted by atomic mass is 19.1. The number of carbonyl (C=O) groups is 1. The van der Waals surface area contributed by atoms with Gasteiger partial charge in [0.05, 0.1) is 7.11 Å². The van der Waals surface area contributed by atoms with Gasteiger partial charge >= 0.3 is 0 Å². The Bertz CT molecular complexity index is 563. The van der Waals surface area contributed by atoms with Crippen LogP contribution in [0.4, 0.5) is 4.39 Å². The number of hydrogen-bond acceptors (Lipinski definition) is 4. The third-order valence-electron chi connectivity index (χ3n) is 2.40. The standard InChI is InChI=1S/C12H11FN2O3/c1-7-10(12(16)15-17-2)11(14-18-7)8-3-5-9(13)6-4-8/h3-6H,1-2H3,(H,15,16). The summed E-state index contributed by atoms with van der Waals surface area (Å²) in [5.41, 5.74) is 3.41. The third-order valence-corrected chi connectivity index (χ3v) is 2.40. The molecule has 0 aliphatic heterocycles. The molecule has 1 aromatic carbocycles. The first-order chi connectivity index (χ1) is 8.63. The zero-order valence-corrected chi connectivity index (χ0v) is 9.86. The van der Waals surface area contributed by atoms with Gasteiger partial charge in [0.2, 0.25) is 0 Å². The van der Waals surface area contributed by atoms with Crippen LogP contribution in [0, 0.1) is 12.7 Å². The number of aromatic nitrogens is 1. The van der Waals surface area contributed by atoms with E-state index in [2.05, 4.69) is 15.5 Å². The molecule has 2 rings (SSSR count). The summed E-state index contributed by atoms with van der Waals surface area (Å²) in [4.78, 5) is 16.3. The first-order valence-electron chi connectivity index (χ1n) is 5.19. The molecular weight excluding hydrogens is 239 g/mol. The molecule has 0 fully saturated rings. The molecule has 0 aliphatic rings. The van der Waals surface area contributed by atoms with Crippen molar-refractivity contribution in [3.05, 3.63) is 41.4 Å². The van der Waals surface area contributed by atoms with Crippen LogP contribution >= 0.6 is 0 Å². The first-order valence-corrected chi connectivity index (χ1v) is 5.19. The van der Waals surface area contributed by atoms with E-state index in [-0.39, 0.29) is 11.4 Å². The fourth-order valence-electron chi connectivity index (χ4n) is 1.59. The first kappa shape index (κ1) is 12.3. The van der Waals surface area contributed by atoms with Crippen molar-refractivity contribution in [2.75, 3.05) is 7.11 Å². The highest BCUT2D eigenvalue weighted by Gasteiger charge is 2.21. The summed E-state index contributed by atoms with van der Waals surface area (Å²) >= 11 is 0. The topological polar surface area (TPSA) is 64.4 Å². The number of nitrogens with one attached hydrogen (secondary N) is 1. The van der Waals surface area contributed by atoms with Crippen molar-refractivity contribution in [1.82, 2.24) is 10.6 Å². The molecule has 5 nitrogen and oxygen atoms in total. The van der Waals surface area contributed by atoms with Crippen LogP contribution in [-0.4, -0.2) is 18.2 Å². The molecule has 2 aromatic rings. The van der Waals surface area contributed by atoms with Crippen LogP contribution in [0.15, 0.2) is 28.8 Å². The molecule has 1 N–H and O–H groups in total. The lowest BCUT2D eigenvalue weighted by atomic mass is 10.1. The second kappa shape index (κ2) is 4.97. The lowest BCUT2D eigenvalue weighted by molar-refractivity contribution is 0.0536. The molecule has 0 aliphatic carbocycles. The van der Waals surface area contributed by atoms with Gasteiger partial charge in [0, 0.05) is 5.56 Å². The van der Waals surface area contributed by atoms with E-state index in [0.29, 0.717) is 17.0 Å². The van der Waals surface area contributed by atoms with E-state index in [4.69, 9.17) is 4.52 Å². The summed E-state index contributed by atoms with van der Waals surface area (Å²) in [5.74, 6) is -0.457. The Balaban J connectivity index is 2.45. The summed E-state index contributed by atoms with van der Waals surface area (Å²) in [6.45, 7) is 1.62. The minimum absolute atomic E-state index is 0.267. The monoisotopic (exact) mass is 250 g/mol. The Labute approximate surface area is 102 Å². The molecule has 0 atom stereocenters. The van der Waals surface area contributed by atoms with Crippen LogP contribution in [-0.2, 0) is 4.84 Å². The van der Waals surface area contributed by atoms with E-state index in [0.717, 1.165) is 0 Å². The quantitative estimate of drug-likeness (QED) is 0.847. The van der Waals surface area contributed by atoms with Crippen molar-refractivity contribution in [3.63, 3.8) is 0 Å². The molecule has 94 valence electrons. The average molecular weight is 250 g/mol. The molecular formula is C12H11FN2O3. The molecule has 0 saturated carbocycles. The van der Waals surface area contributed by atoms with Crippen LogP contribution < -0.4 is 5.48 Å². The Kier molecular flexibility index (Phi) is 3.38. The van der Waals surface area contributed by atoms with E-state index in [1.807, 2.05) is 0 Å². The molecule has 0 spiro atoms. The van der Waals surface area contributed by atoms with Crippen molar-refractivity contribution >= 4 is 5.91 Å². The van der Waals surface area contributed by atoms with Crippen molar-refractivity contribution in [2.24, 2.45) is 0 Å². The van der Waals surface area contributed by atoms with Crippen molar-refractivity contribution in [1.29, 1.82) is 0 Å².